The van der Waals surface area contributed by atoms with Gasteiger partial charge in [0.15, 0.2) is 0 Å². The molecule has 1 aromatic carbocycles. The predicted octanol–water partition coefficient (Wildman–Crippen LogP) is 2.23. The molecule has 1 saturated heterocycles. The van der Waals surface area contributed by atoms with Crippen LogP contribution in [0.15, 0.2) is 12.1 Å². The van der Waals surface area contributed by atoms with Gasteiger partial charge in [-0.25, -0.2) is 14.5 Å². The first-order valence-corrected chi connectivity index (χ1v) is 7.62. The van der Waals surface area contributed by atoms with E-state index in [0.29, 0.717) is 23.5 Å². The second-order valence-corrected chi connectivity index (χ2v) is 6.53. The SMILES string of the molecule is COC(=O)c1cc(N2C(=O)CCNC2=O)cc(C(C)(C)C)c1OC. The molecular weight excluding hydrogens is 312 g/mol. The zero-order valence-electron chi connectivity index (χ0n) is 14.6. The Balaban J connectivity index is 2.71. The van der Waals surface area contributed by atoms with Crippen LogP contribution in [-0.2, 0) is 14.9 Å². The molecule has 3 amide bonds. The van der Waals surface area contributed by atoms with Gasteiger partial charge in [0.1, 0.15) is 11.3 Å². The Morgan fingerprint density at radius 1 is 1.21 bits per heavy atom. The first-order valence-electron chi connectivity index (χ1n) is 7.62. The lowest BCUT2D eigenvalue weighted by Gasteiger charge is -2.29. The third-order valence-corrected chi connectivity index (χ3v) is 3.82. The molecule has 0 aliphatic carbocycles. The van der Waals surface area contributed by atoms with E-state index in [1.54, 1.807) is 6.07 Å². The molecule has 1 aromatic rings. The van der Waals surface area contributed by atoms with Crippen LogP contribution in [0.1, 0.15) is 43.1 Å². The monoisotopic (exact) mass is 334 g/mol. The van der Waals surface area contributed by atoms with Crippen molar-refractivity contribution in [1.82, 2.24) is 5.32 Å². The van der Waals surface area contributed by atoms with Gasteiger partial charge in [0.05, 0.1) is 19.9 Å². The highest BCUT2D eigenvalue weighted by molar-refractivity contribution is 6.16. The summed E-state index contributed by atoms with van der Waals surface area (Å²) in [6.45, 7) is 6.16. The molecule has 0 radical (unpaired) electrons. The Kier molecular flexibility index (Phi) is 4.82. The van der Waals surface area contributed by atoms with Crippen molar-refractivity contribution >= 4 is 23.6 Å². The largest absolute Gasteiger partial charge is 0.496 e. The molecule has 130 valence electrons. The summed E-state index contributed by atoms with van der Waals surface area (Å²) in [5.41, 5.74) is 0.824. The standard InChI is InChI=1S/C17H22N2O5/c1-17(2,3)12-9-10(19-13(20)6-7-18-16(19)22)8-11(14(12)23-4)15(21)24-5/h8-9H,6-7H2,1-5H3,(H,18,22). The fraction of sp³-hybridized carbons (Fsp3) is 0.471. The van der Waals surface area contributed by atoms with Crippen molar-refractivity contribution in [2.24, 2.45) is 0 Å². The minimum absolute atomic E-state index is 0.175. The minimum Gasteiger partial charge on any atom is -0.496 e. The summed E-state index contributed by atoms with van der Waals surface area (Å²) >= 11 is 0. The van der Waals surface area contributed by atoms with E-state index in [1.807, 2.05) is 20.8 Å². The number of hydrogen-bond acceptors (Lipinski definition) is 5. The third-order valence-electron chi connectivity index (χ3n) is 3.82. The van der Waals surface area contributed by atoms with Crippen molar-refractivity contribution in [3.05, 3.63) is 23.3 Å². The van der Waals surface area contributed by atoms with Crippen LogP contribution in [0.4, 0.5) is 10.5 Å². The van der Waals surface area contributed by atoms with E-state index in [0.717, 1.165) is 4.90 Å². The van der Waals surface area contributed by atoms with Gasteiger partial charge in [-0.05, 0) is 17.5 Å². The number of nitrogens with zero attached hydrogens (tertiary/aromatic N) is 1. The summed E-state index contributed by atoms with van der Waals surface area (Å²) in [4.78, 5) is 37.5. The molecular formula is C17H22N2O5. The maximum absolute atomic E-state index is 12.2. The zero-order valence-corrected chi connectivity index (χ0v) is 14.6. The molecule has 0 aromatic heterocycles. The van der Waals surface area contributed by atoms with E-state index >= 15 is 0 Å². The number of carbonyl (C=O) groups excluding carboxylic acids is 3. The number of carbonyl (C=O) groups is 3. The molecule has 7 heteroatoms. The maximum Gasteiger partial charge on any atom is 0.341 e. The van der Waals surface area contributed by atoms with Crippen LogP contribution >= 0.6 is 0 Å². The summed E-state index contributed by atoms with van der Waals surface area (Å²) in [6.07, 6.45) is 0.205. The van der Waals surface area contributed by atoms with Gasteiger partial charge in [0.25, 0.3) is 0 Å². The molecule has 0 atom stereocenters. The lowest BCUT2D eigenvalue weighted by atomic mass is 9.84. The normalized spacial score (nSPS) is 15.1. The van der Waals surface area contributed by atoms with Crippen LogP contribution < -0.4 is 15.0 Å². The van der Waals surface area contributed by atoms with Crippen molar-refractivity contribution in [2.75, 3.05) is 25.7 Å². The van der Waals surface area contributed by atoms with Gasteiger partial charge in [-0.1, -0.05) is 20.8 Å². The number of hydrogen-bond donors (Lipinski definition) is 1. The second kappa shape index (κ2) is 6.51. The summed E-state index contributed by atoms with van der Waals surface area (Å²) < 4.78 is 10.2. The summed E-state index contributed by atoms with van der Waals surface area (Å²) in [6, 6.07) is 2.64. The first kappa shape index (κ1) is 17.8. The number of imide groups is 1. The quantitative estimate of drug-likeness (QED) is 0.857. The molecule has 1 heterocycles. The third kappa shape index (κ3) is 3.20. The molecule has 1 fully saturated rings. The lowest BCUT2D eigenvalue weighted by Crippen LogP contribution is -2.50. The van der Waals surface area contributed by atoms with E-state index in [9.17, 15) is 14.4 Å². The van der Waals surface area contributed by atoms with Gasteiger partial charge in [0, 0.05) is 18.5 Å². The van der Waals surface area contributed by atoms with E-state index in [4.69, 9.17) is 9.47 Å². The predicted molar refractivity (Wildman–Crippen MR) is 88.5 cm³/mol. The number of esters is 1. The van der Waals surface area contributed by atoms with Gasteiger partial charge in [-0.2, -0.15) is 0 Å². The van der Waals surface area contributed by atoms with Crippen LogP contribution in [0, 0.1) is 0 Å². The fourth-order valence-corrected chi connectivity index (χ4v) is 2.62. The van der Waals surface area contributed by atoms with Gasteiger partial charge in [0.2, 0.25) is 5.91 Å². The second-order valence-electron chi connectivity index (χ2n) is 6.53. The van der Waals surface area contributed by atoms with E-state index < -0.39 is 12.0 Å². The van der Waals surface area contributed by atoms with Crippen LogP contribution in [0.25, 0.3) is 0 Å². The Morgan fingerprint density at radius 2 is 1.88 bits per heavy atom. The molecule has 2 rings (SSSR count). The van der Waals surface area contributed by atoms with Crippen LogP contribution in [0.3, 0.4) is 0 Å². The van der Waals surface area contributed by atoms with E-state index in [1.165, 1.54) is 20.3 Å². The molecule has 7 nitrogen and oxygen atoms in total. The number of rotatable bonds is 3. The molecule has 1 aliphatic heterocycles. The van der Waals surface area contributed by atoms with Crippen LogP contribution in [-0.4, -0.2) is 38.7 Å². The van der Waals surface area contributed by atoms with Gasteiger partial charge in [-0.3, -0.25) is 4.79 Å². The average molecular weight is 334 g/mol. The Morgan fingerprint density at radius 3 is 2.38 bits per heavy atom. The fourth-order valence-electron chi connectivity index (χ4n) is 2.62. The van der Waals surface area contributed by atoms with Crippen LogP contribution in [0.5, 0.6) is 5.75 Å². The van der Waals surface area contributed by atoms with Crippen molar-refractivity contribution in [3.8, 4) is 5.75 Å². The molecule has 0 spiro atoms. The average Bonchev–Trinajstić information content (AvgIpc) is 2.52. The van der Waals surface area contributed by atoms with Crippen molar-refractivity contribution < 1.29 is 23.9 Å². The molecule has 0 unspecified atom stereocenters. The summed E-state index contributed by atoms with van der Waals surface area (Å²) in [7, 11) is 2.74. The van der Waals surface area contributed by atoms with E-state index in [2.05, 4.69) is 5.32 Å². The minimum atomic E-state index is -0.593. The maximum atomic E-state index is 12.2. The molecule has 1 aliphatic rings. The number of anilines is 1. The zero-order chi connectivity index (χ0) is 18.1. The van der Waals surface area contributed by atoms with Gasteiger partial charge in [-0.15, -0.1) is 0 Å². The summed E-state index contributed by atoms with van der Waals surface area (Å²) in [5.74, 6) is -0.536. The van der Waals surface area contributed by atoms with Gasteiger partial charge < -0.3 is 14.8 Å². The summed E-state index contributed by atoms with van der Waals surface area (Å²) in [5, 5.41) is 2.63. The highest BCUT2D eigenvalue weighted by atomic mass is 16.5. The number of urea groups is 1. The van der Waals surface area contributed by atoms with Crippen molar-refractivity contribution in [3.63, 3.8) is 0 Å². The smallest absolute Gasteiger partial charge is 0.341 e. The lowest BCUT2D eigenvalue weighted by molar-refractivity contribution is -0.118. The van der Waals surface area contributed by atoms with Crippen molar-refractivity contribution in [1.29, 1.82) is 0 Å². The Bertz CT molecular complexity index is 675. The topological polar surface area (TPSA) is 84.9 Å². The first-order chi connectivity index (χ1) is 11.2. The number of benzene rings is 1. The number of ether oxygens (including phenoxy) is 2. The Hall–Kier alpha value is -2.57. The Labute approximate surface area is 140 Å². The molecule has 24 heavy (non-hydrogen) atoms. The molecule has 0 bridgehead atoms. The van der Waals surface area contributed by atoms with E-state index in [-0.39, 0.29) is 23.3 Å². The number of nitrogens with one attached hydrogen (secondary N) is 1. The highest BCUT2D eigenvalue weighted by Crippen LogP contribution is 2.38. The number of amides is 3. The van der Waals surface area contributed by atoms with Crippen molar-refractivity contribution in [2.45, 2.75) is 32.6 Å². The molecule has 0 saturated carbocycles. The molecule has 1 N–H and O–H groups in total. The van der Waals surface area contributed by atoms with Gasteiger partial charge >= 0.3 is 12.0 Å². The number of methoxy groups -OCH3 is 2. The highest BCUT2D eigenvalue weighted by Gasteiger charge is 2.32. The van der Waals surface area contributed by atoms with Crippen LogP contribution in [0.2, 0.25) is 0 Å².